The van der Waals surface area contributed by atoms with Gasteiger partial charge in [0, 0.05) is 12.8 Å². The molecule has 0 radical (unpaired) electrons. The molecule has 6 heteroatoms. The van der Waals surface area contributed by atoms with Gasteiger partial charge in [0.05, 0.1) is 6.42 Å². The van der Waals surface area contributed by atoms with Crippen molar-refractivity contribution in [1.82, 2.24) is 0 Å². The van der Waals surface area contributed by atoms with Crippen LogP contribution in [-0.2, 0) is 28.6 Å². The van der Waals surface area contributed by atoms with Crippen LogP contribution in [0.5, 0.6) is 0 Å². The molecule has 0 aromatic carbocycles. The molecule has 0 aliphatic rings. The van der Waals surface area contributed by atoms with Crippen LogP contribution in [0, 0.1) is 0 Å². The van der Waals surface area contributed by atoms with Gasteiger partial charge in [0.1, 0.15) is 13.2 Å². The van der Waals surface area contributed by atoms with E-state index in [1.54, 1.807) is 6.08 Å². The number of hydrogen-bond acceptors (Lipinski definition) is 6. The first kappa shape index (κ1) is 66.3. The Kier molecular flexibility index (Phi) is 54.0. The van der Waals surface area contributed by atoms with E-state index < -0.39 is 12.1 Å². The van der Waals surface area contributed by atoms with Crippen LogP contribution in [0.2, 0.25) is 0 Å². The van der Waals surface area contributed by atoms with Gasteiger partial charge in [-0.05, 0) is 122 Å². The fraction of sp³-hybridized carbons (Fsp3) is 0.585. The maximum atomic E-state index is 12.8. The lowest BCUT2D eigenvalue weighted by Gasteiger charge is -2.18. The lowest BCUT2D eigenvalue weighted by Crippen LogP contribution is -2.30. The molecule has 0 aromatic rings. The monoisotopic (exact) mass is 979 g/mol. The molecule has 0 aliphatic carbocycles. The van der Waals surface area contributed by atoms with Gasteiger partial charge in [0.25, 0.3) is 0 Å². The Morgan fingerprint density at radius 1 is 0.310 bits per heavy atom. The summed E-state index contributed by atoms with van der Waals surface area (Å²) in [6, 6.07) is 0. The normalized spacial score (nSPS) is 13.2. The summed E-state index contributed by atoms with van der Waals surface area (Å²) in [4.78, 5) is 38.0. The number of unbranched alkanes of at least 4 members (excludes halogenated alkanes) is 15. The molecule has 0 spiro atoms. The Balaban J connectivity index is 4.48. The van der Waals surface area contributed by atoms with Gasteiger partial charge in [-0.3, -0.25) is 14.4 Å². The van der Waals surface area contributed by atoms with Crippen LogP contribution < -0.4 is 0 Å². The van der Waals surface area contributed by atoms with Gasteiger partial charge in [0.15, 0.2) is 6.10 Å². The van der Waals surface area contributed by atoms with Gasteiger partial charge in [0.2, 0.25) is 0 Å². The maximum absolute atomic E-state index is 12.8. The first-order valence-corrected chi connectivity index (χ1v) is 28.3. The third kappa shape index (κ3) is 56.1. The van der Waals surface area contributed by atoms with Gasteiger partial charge in [-0.25, -0.2) is 0 Å². The van der Waals surface area contributed by atoms with Crippen molar-refractivity contribution in [3.8, 4) is 0 Å². The quantitative estimate of drug-likeness (QED) is 0.0262. The lowest BCUT2D eigenvalue weighted by molar-refractivity contribution is -0.166. The van der Waals surface area contributed by atoms with E-state index in [0.29, 0.717) is 19.3 Å². The highest BCUT2D eigenvalue weighted by atomic mass is 16.6. The summed E-state index contributed by atoms with van der Waals surface area (Å²) in [6.07, 6.45) is 82.9. The average Bonchev–Trinajstić information content (AvgIpc) is 3.37. The topological polar surface area (TPSA) is 78.9 Å². The smallest absolute Gasteiger partial charge is 0.310 e. The van der Waals surface area contributed by atoms with Crippen LogP contribution in [0.1, 0.15) is 226 Å². The van der Waals surface area contributed by atoms with E-state index in [9.17, 15) is 14.4 Å². The summed E-state index contributed by atoms with van der Waals surface area (Å²) in [5.41, 5.74) is 0. The van der Waals surface area contributed by atoms with Crippen molar-refractivity contribution < 1.29 is 28.6 Å². The van der Waals surface area contributed by atoms with Crippen LogP contribution in [0.25, 0.3) is 0 Å². The molecule has 0 rings (SSSR count). The van der Waals surface area contributed by atoms with Crippen molar-refractivity contribution in [3.63, 3.8) is 0 Å². The number of esters is 3. The average molecular weight is 980 g/mol. The lowest BCUT2D eigenvalue weighted by atomic mass is 10.1. The van der Waals surface area contributed by atoms with Crippen molar-refractivity contribution in [3.05, 3.63) is 146 Å². The Morgan fingerprint density at radius 2 is 0.592 bits per heavy atom. The molecule has 0 heterocycles. The fourth-order valence-electron chi connectivity index (χ4n) is 7.16. The highest BCUT2D eigenvalue weighted by Gasteiger charge is 2.19. The van der Waals surface area contributed by atoms with E-state index in [-0.39, 0.29) is 31.6 Å². The molecule has 71 heavy (non-hydrogen) atoms. The number of ether oxygens (including phenoxy) is 3. The van der Waals surface area contributed by atoms with Crippen molar-refractivity contribution in [1.29, 1.82) is 0 Å². The zero-order valence-corrected chi connectivity index (χ0v) is 45.4. The summed E-state index contributed by atoms with van der Waals surface area (Å²) >= 11 is 0. The number of carbonyl (C=O) groups excluding carboxylic acids is 3. The first-order valence-electron chi connectivity index (χ1n) is 28.3. The zero-order valence-electron chi connectivity index (χ0n) is 45.4. The van der Waals surface area contributed by atoms with E-state index in [4.69, 9.17) is 14.2 Å². The standard InChI is InChI=1S/C65H102O6/c1-4-7-10-13-16-19-22-25-27-28-29-30-31-32-33-34-35-36-38-40-43-46-49-52-55-58-64(67)70-61-62(60-69-63(66)57-54-51-48-45-42-39-24-21-18-15-12-9-6-3)71-65(68)59-56-53-50-47-44-41-37-26-23-20-17-14-11-8-5-2/h7-8,10-11,16-17,19-21,24-27,29-30,32-33,35-37,44,47,53,56,62H,4-6,9,12-15,18,22-23,28,31,34,38-43,45-46,48-52,54-55,57-61H2,1-3H3/b10-7-,11-8-,19-16-,20-17-,24-21-,27-25-,30-29-,33-32-,36-35-,37-26-,47-44-,56-53-. The number of carbonyl (C=O) groups is 3. The predicted molar refractivity (Wildman–Crippen MR) is 306 cm³/mol. The maximum Gasteiger partial charge on any atom is 0.310 e. The molecule has 0 fully saturated rings. The third-order valence-electron chi connectivity index (χ3n) is 11.3. The van der Waals surface area contributed by atoms with Gasteiger partial charge in [-0.2, -0.15) is 0 Å². The minimum Gasteiger partial charge on any atom is -0.462 e. The molecular formula is C65H102O6. The minimum atomic E-state index is -0.848. The van der Waals surface area contributed by atoms with E-state index in [0.717, 1.165) is 128 Å². The van der Waals surface area contributed by atoms with Crippen molar-refractivity contribution in [2.75, 3.05) is 13.2 Å². The van der Waals surface area contributed by atoms with E-state index in [1.165, 1.54) is 51.4 Å². The Bertz CT molecular complexity index is 1590. The first-order chi connectivity index (χ1) is 35.0. The second-order valence-electron chi connectivity index (χ2n) is 18.1. The highest BCUT2D eigenvalue weighted by molar-refractivity contribution is 5.72. The molecule has 0 bridgehead atoms. The van der Waals surface area contributed by atoms with Gasteiger partial charge < -0.3 is 14.2 Å². The predicted octanol–water partition coefficient (Wildman–Crippen LogP) is 19.2. The number of rotatable bonds is 49. The SMILES string of the molecule is CC/C=C\C/C=C\C/C=C\C/C=C\C/C=C\C/C=C\CCCCCCCCC(=O)OCC(COC(=O)CCCCCCC/C=C\CCCCCC)OC(=O)C/C=C\C/C=C\C/C=C\C/C=C\C/C=C\CC. The molecule has 1 unspecified atom stereocenters. The summed E-state index contributed by atoms with van der Waals surface area (Å²) < 4.78 is 16.7. The van der Waals surface area contributed by atoms with E-state index in [1.807, 2.05) is 6.08 Å². The Morgan fingerprint density at radius 3 is 0.944 bits per heavy atom. The molecule has 1 atom stereocenters. The summed E-state index contributed by atoms with van der Waals surface area (Å²) in [5, 5.41) is 0. The van der Waals surface area contributed by atoms with Crippen LogP contribution in [0.3, 0.4) is 0 Å². The highest BCUT2D eigenvalue weighted by Crippen LogP contribution is 2.12. The van der Waals surface area contributed by atoms with Crippen LogP contribution >= 0.6 is 0 Å². The minimum absolute atomic E-state index is 0.0854. The molecule has 398 valence electrons. The zero-order chi connectivity index (χ0) is 51.4. The summed E-state index contributed by atoms with van der Waals surface area (Å²) in [5.74, 6) is -1.09. The molecule has 0 aromatic heterocycles. The van der Waals surface area contributed by atoms with Gasteiger partial charge in [-0.1, -0.05) is 231 Å². The van der Waals surface area contributed by atoms with Gasteiger partial charge in [-0.15, -0.1) is 0 Å². The largest absolute Gasteiger partial charge is 0.462 e. The number of hydrogen-bond donors (Lipinski definition) is 0. The van der Waals surface area contributed by atoms with E-state index >= 15 is 0 Å². The van der Waals surface area contributed by atoms with E-state index in [2.05, 4.69) is 154 Å². The second kappa shape index (κ2) is 57.9. The third-order valence-corrected chi connectivity index (χ3v) is 11.3. The molecule has 0 aliphatic heterocycles. The molecule has 0 saturated heterocycles. The van der Waals surface area contributed by atoms with Crippen molar-refractivity contribution >= 4 is 17.9 Å². The molecular weight excluding hydrogens is 877 g/mol. The van der Waals surface area contributed by atoms with Crippen LogP contribution in [-0.4, -0.2) is 37.2 Å². The Hall–Kier alpha value is -4.71. The molecule has 0 N–H and O–H groups in total. The Labute approximate surface area is 436 Å². The second-order valence-corrected chi connectivity index (χ2v) is 18.1. The summed E-state index contributed by atoms with van der Waals surface area (Å²) in [6.45, 7) is 6.27. The van der Waals surface area contributed by atoms with Crippen molar-refractivity contribution in [2.45, 2.75) is 232 Å². The van der Waals surface area contributed by atoms with Gasteiger partial charge >= 0.3 is 17.9 Å². The fourth-order valence-corrected chi connectivity index (χ4v) is 7.16. The molecule has 6 nitrogen and oxygen atoms in total. The summed E-state index contributed by atoms with van der Waals surface area (Å²) in [7, 11) is 0. The molecule has 0 amide bonds. The van der Waals surface area contributed by atoms with Crippen molar-refractivity contribution in [2.24, 2.45) is 0 Å². The molecule has 0 saturated carbocycles. The number of allylic oxidation sites excluding steroid dienone is 23. The van der Waals surface area contributed by atoms with Crippen LogP contribution in [0.4, 0.5) is 0 Å². The van der Waals surface area contributed by atoms with Crippen LogP contribution in [0.15, 0.2) is 146 Å².